The van der Waals surface area contributed by atoms with Crippen molar-refractivity contribution in [1.29, 1.82) is 0 Å². The number of aliphatic imine (C=N–C) groups is 1. The van der Waals surface area contributed by atoms with Crippen molar-refractivity contribution in [2.45, 2.75) is 45.3 Å². The van der Waals surface area contributed by atoms with Gasteiger partial charge in [-0.3, -0.25) is 4.79 Å². The van der Waals surface area contributed by atoms with Crippen LogP contribution in [0.1, 0.15) is 31.5 Å². The second kappa shape index (κ2) is 12.8. The minimum Gasteiger partial charge on any atom is -0.376 e. The number of ether oxygens (including phenoxy) is 1. The predicted molar refractivity (Wildman–Crippen MR) is 135 cm³/mol. The first-order chi connectivity index (χ1) is 14.5. The molecular formula is C22H35IN6O2. The quantitative estimate of drug-likeness (QED) is 0.232. The summed E-state index contributed by atoms with van der Waals surface area (Å²) in [7, 11) is 3.48. The fourth-order valence-corrected chi connectivity index (χ4v) is 3.56. The van der Waals surface area contributed by atoms with E-state index in [1.807, 2.05) is 25.1 Å². The average Bonchev–Trinajstić information content (AvgIpc) is 3.07. The summed E-state index contributed by atoms with van der Waals surface area (Å²) in [4.78, 5) is 22.6. The highest BCUT2D eigenvalue weighted by atomic mass is 127. The summed E-state index contributed by atoms with van der Waals surface area (Å²) in [6, 6.07) is 8.21. The standard InChI is InChI=1S/C22H34N6O2.HI/c1-17-26-19-10-4-5-11-20(19)28(17)13-8-12-23-22(25-16-21(29)27(2)3)24-15-18-9-6-7-14-30-18;/h4-5,10-11,18H,6-9,12-16H2,1-3H3,(H2,23,24,25);1H. The van der Waals surface area contributed by atoms with E-state index in [2.05, 4.69) is 31.2 Å². The highest BCUT2D eigenvalue weighted by molar-refractivity contribution is 14.0. The van der Waals surface area contributed by atoms with Gasteiger partial charge in [0.15, 0.2) is 5.96 Å². The number of hydrogen-bond acceptors (Lipinski definition) is 4. The van der Waals surface area contributed by atoms with Crippen molar-refractivity contribution in [3.05, 3.63) is 30.1 Å². The van der Waals surface area contributed by atoms with Crippen molar-refractivity contribution in [2.75, 3.05) is 40.3 Å². The van der Waals surface area contributed by atoms with Gasteiger partial charge in [-0.1, -0.05) is 12.1 Å². The molecule has 0 aliphatic carbocycles. The lowest BCUT2D eigenvalue weighted by Crippen LogP contribution is -2.43. The van der Waals surface area contributed by atoms with Gasteiger partial charge in [-0.2, -0.15) is 0 Å². The summed E-state index contributed by atoms with van der Waals surface area (Å²) >= 11 is 0. The van der Waals surface area contributed by atoms with Crippen LogP contribution in [0.3, 0.4) is 0 Å². The number of aryl methyl sites for hydroxylation is 2. The highest BCUT2D eigenvalue weighted by Crippen LogP contribution is 2.15. The number of carbonyl (C=O) groups excluding carboxylic acids is 1. The number of halogens is 1. The third-order valence-electron chi connectivity index (χ3n) is 5.34. The molecule has 9 heteroatoms. The molecule has 8 nitrogen and oxygen atoms in total. The number of likely N-dealkylation sites (N-methyl/N-ethyl adjacent to an activating group) is 1. The molecule has 1 unspecified atom stereocenters. The summed E-state index contributed by atoms with van der Waals surface area (Å²) in [5, 5.41) is 6.70. The molecular weight excluding hydrogens is 507 g/mol. The number of rotatable bonds is 8. The van der Waals surface area contributed by atoms with E-state index < -0.39 is 0 Å². The van der Waals surface area contributed by atoms with E-state index in [1.54, 1.807) is 19.0 Å². The molecule has 1 aliphatic rings. The van der Waals surface area contributed by atoms with E-state index in [0.717, 1.165) is 55.8 Å². The number of amides is 1. The van der Waals surface area contributed by atoms with Crippen LogP contribution in [0.25, 0.3) is 11.0 Å². The summed E-state index contributed by atoms with van der Waals surface area (Å²) in [5.74, 6) is 1.66. The van der Waals surface area contributed by atoms with Gasteiger partial charge in [-0.25, -0.2) is 9.98 Å². The Kier molecular flexibility index (Phi) is 10.5. The predicted octanol–water partition coefficient (Wildman–Crippen LogP) is 2.55. The molecule has 2 heterocycles. The van der Waals surface area contributed by atoms with E-state index in [1.165, 1.54) is 6.42 Å². The maximum Gasteiger partial charge on any atom is 0.243 e. The van der Waals surface area contributed by atoms with Gasteiger partial charge in [0.05, 0.1) is 17.1 Å². The SMILES string of the molecule is Cc1nc2ccccc2n1CCCNC(=NCC(=O)N(C)C)NCC1CCCCO1.I. The zero-order valence-electron chi connectivity index (χ0n) is 18.8. The Bertz CT molecular complexity index is 861. The van der Waals surface area contributed by atoms with Gasteiger partial charge in [0.25, 0.3) is 0 Å². The molecule has 1 amide bonds. The van der Waals surface area contributed by atoms with E-state index in [4.69, 9.17) is 4.74 Å². The van der Waals surface area contributed by atoms with Gasteiger partial charge in [-0.05, 0) is 44.7 Å². The number of nitrogens with zero attached hydrogens (tertiary/aromatic N) is 4. The number of hydrogen-bond donors (Lipinski definition) is 2. The Hall–Kier alpha value is -1.88. The summed E-state index contributed by atoms with van der Waals surface area (Å²) in [6.07, 6.45) is 4.52. The fourth-order valence-electron chi connectivity index (χ4n) is 3.56. The molecule has 31 heavy (non-hydrogen) atoms. The Morgan fingerprint density at radius 3 is 2.84 bits per heavy atom. The lowest BCUT2D eigenvalue weighted by atomic mass is 10.1. The average molecular weight is 542 g/mol. The molecule has 2 aromatic rings. The molecule has 2 N–H and O–H groups in total. The van der Waals surface area contributed by atoms with Crippen molar-refractivity contribution >= 4 is 46.9 Å². The van der Waals surface area contributed by atoms with Crippen LogP contribution < -0.4 is 10.6 Å². The summed E-state index contributed by atoms with van der Waals surface area (Å²) < 4.78 is 8.03. The van der Waals surface area contributed by atoms with Crippen molar-refractivity contribution in [2.24, 2.45) is 4.99 Å². The number of carbonyl (C=O) groups is 1. The number of imidazole rings is 1. The first-order valence-electron chi connectivity index (χ1n) is 10.8. The third-order valence-corrected chi connectivity index (χ3v) is 5.34. The van der Waals surface area contributed by atoms with Crippen LogP contribution in [0.2, 0.25) is 0 Å². The molecule has 172 valence electrons. The van der Waals surface area contributed by atoms with Crippen molar-refractivity contribution in [1.82, 2.24) is 25.1 Å². The van der Waals surface area contributed by atoms with E-state index >= 15 is 0 Å². The first-order valence-corrected chi connectivity index (χ1v) is 10.8. The van der Waals surface area contributed by atoms with Crippen LogP contribution >= 0.6 is 24.0 Å². The van der Waals surface area contributed by atoms with Crippen molar-refractivity contribution < 1.29 is 9.53 Å². The van der Waals surface area contributed by atoms with Gasteiger partial charge in [-0.15, -0.1) is 24.0 Å². The van der Waals surface area contributed by atoms with E-state index in [0.29, 0.717) is 12.5 Å². The fraction of sp³-hybridized carbons (Fsp3) is 0.591. The largest absolute Gasteiger partial charge is 0.376 e. The van der Waals surface area contributed by atoms with E-state index in [-0.39, 0.29) is 42.5 Å². The molecule has 0 spiro atoms. The number of aromatic nitrogens is 2. The zero-order chi connectivity index (χ0) is 21.3. The van der Waals surface area contributed by atoms with Crippen LogP contribution in [0.5, 0.6) is 0 Å². The van der Waals surface area contributed by atoms with Gasteiger partial charge < -0.3 is 24.8 Å². The Labute approximate surface area is 201 Å². The molecule has 1 aromatic carbocycles. The van der Waals surface area contributed by atoms with Crippen LogP contribution in [0, 0.1) is 6.92 Å². The molecule has 3 rings (SSSR count). The normalized spacial score (nSPS) is 16.6. The summed E-state index contributed by atoms with van der Waals surface area (Å²) in [6.45, 7) is 5.31. The number of benzene rings is 1. The molecule has 1 atom stereocenters. The van der Waals surface area contributed by atoms with Crippen molar-refractivity contribution in [3.8, 4) is 0 Å². The lowest BCUT2D eigenvalue weighted by Gasteiger charge is -2.24. The molecule has 1 fully saturated rings. The Morgan fingerprint density at radius 2 is 2.10 bits per heavy atom. The van der Waals surface area contributed by atoms with Gasteiger partial charge in [0, 0.05) is 40.3 Å². The first kappa shape index (κ1) is 25.4. The minimum absolute atomic E-state index is 0. The van der Waals surface area contributed by atoms with Crippen LogP contribution in [-0.4, -0.2) is 72.8 Å². The van der Waals surface area contributed by atoms with E-state index in [9.17, 15) is 4.79 Å². The lowest BCUT2D eigenvalue weighted by molar-refractivity contribution is -0.127. The van der Waals surface area contributed by atoms with Crippen LogP contribution in [-0.2, 0) is 16.1 Å². The molecule has 1 aromatic heterocycles. The third kappa shape index (κ3) is 7.64. The topological polar surface area (TPSA) is 83.8 Å². The van der Waals surface area contributed by atoms with Gasteiger partial charge >= 0.3 is 0 Å². The Morgan fingerprint density at radius 1 is 1.29 bits per heavy atom. The number of para-hydroxylation sites is 2. The van der Waals surface area contributed by atoms with Gasteiger partial charge in [0.1, 0.15) is 12.4 Å². The van der Waals surface area contributed by atoms with Gasteiger partial charge in [0.2, 0.25) is 5.91 Å². The second-order valence-corrected chi connectivity index (χ2v) is 7.90. The maximum atomic E-state index is 11.9. The molecule has 1 saturated heterocycles. The molecule has 1 aliphatic heterocycles. The summed E-state index contributed by atoms with van der Waals surface area (Å²) in [5.41, 5.74) is 2.19. The zero-order valence-corrected chi connectivity index (χ0v) is 21.1. The van der Waals surface area contributed by atoms with Crippen molar-refractivity contribution in [3.63, 3.8) is 0 Å². The second-order valence-electron chi connectivity index (χ2n) is 7.90. The number of fused-ring (bicyclic) bond motifs is 1. The maximum absolute atomic E-state index is 11.9. The number of guanidine groups is 1. The Balaban J connectivity index is 0.00000341. The molecule has 0 bridgehead atoms. The highest BCUT2D eigenvalue weighted by Gasteiger charge is 2.14. The monoisotopic (exact) mass is 542 g/mol. The molecule has 0 radical (unpaired) electrons. The van der Waals surface area contributed by atoms with Crippen LogP contribution in [0.4, 0.5) is 0 Å². The number of nitrogens with one attached hydrogen (secondary N) is 2. The smallest absolute Gasteiger partial charge is 0.243 e. The molecule has 0 saturated carbocycles. The minimum atomic E-state index is -0.0227. The van der Waals surface area contributed by atoms with Crippen LogP contribution in [0.15, 0.2) is 29.3 Å².